The Morgan fingerprint density at radius 3 is 1.78 bits per heavy atom. The van der Waals surface area contributed by atoms with E-state index in [0.717, 1.165) is 63.7 Å². The number of anilines is 2. The van der Waals surface area contributed by atoms with Gasteiger partial charge in [0.25, 0.3) is 0 Å². The molecule has 4 rings (SSSR count). The molecular formula is C21H33N5O. The molecule has 3 aliphatic rings. The van der Waals surface area contributed by atoms with E-state index < -0.39 is 0 Å². The molecule has 3 heterocycles. The Morgan fingerprint density at radius 1 is 0.704 bits per heavy atom. The van der Waals surface area contributed by atoms with Gasteiger partial charge >= 0.3 is 0 Å². The Kier molecular flexibility index (Phi) is 6.10. The summed E-state index contributed by atoms with van der Waals surface area (Å²) in [7, 11) is 0. The van der Waals surface area contributed by atoms with Crippen LogP contribution in [-0.4, -0.2) is 60.3 Å². The van der Waals surface area contributed by atoms with E-state index in [1.165, 1.54) is 44.9 Å². The van der Waals surface area contributed by atoms with Gasteiger partial charge in [0.2, 0.25) is 5.91 Å². The Labute approximate surface area is 162 Å². The molecule has 0 spiro atoms. The van der Waals surface area contributed by atoms with Gasteiger partial charge in [-0.1, -0.05) is 32.1 Å². The van der Waals surface area contributed by atoms with Gasteiger partial charge in [0.1, 0.15) is 0 Å². The summed E-state index contributed by atoms with van der Waals surface area (Å²) >= 11 is 0. The van der Waals surface area contributed by atoms with Crippen molar-refractivity contribution in [1.82, 2.24) is 15.1 Å². The fraction of sp³-hybridized carbons (Fsp3) is 0.762. The van der Waals surface area contributed by atoms with Crippen LogP contribution in [0.5, 0.6) is 0 Å². The highest BCUT2D eigenvalue weighted by atomic mass is 16.2. The maximum Gasteiger partial charge on any atom is 0.225 e. The molecule has 3 fully saturated rings. The first-order chi connectivity index (χ1) is 13.3. The summed E-state index contributed by atoms with van der Waals surface area (Å²) in [5, 5.41) is 9.00. The van der Waals surface area contributed by atoms with Crippen molar-refractivity contribution in [3.8, 4) is 0 Å². The number of aromatic nitrogens is 2. The van der Waals surface area contributed by atoms with Gasteiger partial charge in [0.05, 0.1) is 0 Å². The lowest BCUT2D eigenvalue weighted by atomic mass is 9.88. The van der Waals surface area contributed by atoms with Crippen molar-refractivity contribution in [2.24, 2.45) is 5.92 Å². The monoisotopic (exact) mass is 371 g/mol. The Balaban J connectivity index is 1.30. The minimum absolute atomic E-state index is 0.276. The number of carbonyl (C=O) groups is 1. The second-order valence-corrected chi connectivity index (χ2v) is 8.30. The van der Waals surface area contributed by atoms with Crippen molar-refractivity contribution in [2.45, 2.75) is 57.8 Å². The van der Waals surface area contributed by atoms with E-state index in [1.54, 1.807) is 0 Å². The van der Waals surface area contributed by atoms with Crippen LogP contribution in [0.2, 0.25) is 0 Å². The number of carbonyl (C=O) groups excluding carboxylic acids is 1. The molecule has 0 radical (unpaired) electrons. The van der Waals surface area contributed by atoms with Crippen molar-refractivity contribution in [1.29, 1.82) is 0 Å². The molecule has 0 unspecified atom stereocenters. The smallest absolute Gasteiger partial charge is 0.225 e. The van der Waals surface area contributed by atoms with E-state index in [9.17, 15) is 4.79 Å². The minimum Gasteiger partial charge on any atom is -0.355 e. The van der Waals surface area contributed by atoms with Crippen LogP contribution in [0.25, 0.3) is 0 Å². The molecule has 1 saturated carbocycles. The molecule has 2 saturated heterocycles. The molecule has 0 N–H and O–H groups in total. The third-order valence-corrected chi connectivity index (χ3v) is 6.44. The number of hydrogen-bond donors (Lipinski definition) is 0. The lowest BCUT2D eigenvalue weighted by Gasteiger charge is -2.37. The molecule has 0 aromatic carbocycles. The zero-order valence-corrected chi connectivity index (χ0v) is 16.5. The molecule has 6 nitrogen and oxygen atoms in total. The van der Waals surface area contributed by atoms with E-state index in [2.05, 4.69) is 37.0 Å². The standard InChI is InChI=1S/C21H33N5O/c27-21(18-8-4-3-5-9-18)26-16-14-25(15-17-26)20-11-10-19(22-23-20)24-12-6-1-2-7-13-24/h10-11,18H,1-9,12-17H2. The summed E-state index contributed by atoms with van der Waals surface area (Å²) in [5.41, 5.74) is 0. The SMILES string of the molecule is O=C(C1CCCCC1)N1CCN(c2ccc(N3CCCCCC3)nn2)CC1. The maximum atomic E-state index is 12.7. The largest absolute Gasteiger partial charge is 0.355 e. The van der Waals surface area contributed by atoms with Gasteiger partial charge in [-0.15, -0.1) is 10.2 Å². The van der Waals surface area contributed by atoms with Crippen molar-refractivity contribution < 1.29 is 4.79 Å². The first kappa shape index (κ1) is 18.5. The van der Waals surface area contributed by atoms with Crippen molar-refractivity contribution in [3.05, 3.63) is 12.1 Å². The van der Waals surface area contributed by atoms with Crippen molar-refractivity contribution in [2.75, 3.05) is 49.1 Å². The lowest BCUT2D eigenvalue weighted by molar-refractivity contribution is -0.136. The summed E-state index contributed by atoms with van der Waals surface area (Å²) in [4.78, 5) is 19.4. The number of nitrogens with zero attached hydrogens (tertiary/aromatic N) is 5. The highest BCUT2D eigenvalue weighted by molar-refractivity contribution is 5.79. The van der Waals surface area contributed by atoms with Gasteiger partial charge in [-0.2, -0.15) is 0 Å². The third kappa shape index (κ3) is 4.53. The van der Waals surface area contributed by atoms with Crippen LogP contribution in [0.4, 0.5) is 11.6 Å². The predicted molar refractivity (Wildman–Crippen MR) is 108 cm³/mol. The summed E-state index contributed by atoms with van der Waals surface area (Å²) in [6.45, 7) is 5.52. The average Bonchev–Trinajstić information content (AvgIpc) is 3.04. The second kappa shape index (κ2) is 8.89. The second-order valence-electron chi connectivity index (χ2n) is 8.30. The molecule has 1 aromatic heterocycles. The molecular weight excluding hydrogens is 338 g/mol. The van der Waals surface area contributed by atoms with Crippen molar-refractivity contribution >= 4 is 17.5 Å². The number of rotatable bonds is 3. The summed E-state index contributed by atoms with van der Waals surface area (Å²) in [6, 6.07) is 4.22. The topological polar surface area (TPSA) is 52.6 Å². The quantitative estimate of drug-likeness (QED) is 0.817. The predicted octanol–water partition coefficient (Wildman–Crippen LogP) is 3.09. The van der Waals surface area contributed by atoms with E-state index >= 15 is 0 Å². The van der Waals surface area contributed by atoms with E-state index in [-0.39, 0.29) is 5.92 Å². The fourth-order valence-electron chi connectivity index (χ4n) is 4.72. The maximum absolute atomic E-state index is 12.7. The molecule has 1 amide bonds. The average molecular weight is 372 g/mol. The zero-order valence-electron chi connectivity index (χ0n) is 16.5. The van der Waals surface area contributed by atoms with Gasteiger partial charge in [-0.05, 0) is 37.8 Å². The van der Waals surface area contributed by atoms with Crippen LogP contribution in [0.3, 0.4) is 0 Å². The molecule has 1 aromatic rings. The van der Waals surface area contributed by atoms with Crippen LogP contribution in [0, 0.1) is 5.92 Å². The number of piperazine rings is 1. The van der Waals surface area contributed by atoms with Crippen LogP contribution in [0.15, 0.2) is 12.1 Å². The molecule has 6 heteroatoms. The van der Waals surface area contributed by atoms with Crippen LogP contribution >= 0.6 is 0 Å². The molecule has 0 bridgehead atoms. The van der Waals surface area contributed by atoms with E-state index in [4.69, 9.17) is 0 Å². The zero-order chi connectivity index (χ0) is 18.5. The van der Waals surface area contributed by atoms with Gasteiger partial charge in [-0.25, -0.2) is 0 Å². The van der Waals surface area contributed by atoms with Gasteiger partial charge in [0.15, 0.2) is 11.6 Å². The number of amides is 1. The van der Waals surface area contributed by atoms with Gasteiger partial charge in [0, 0.05) is 45.2 Å². The highest BCUT2D eigenvalue weighted by Crippen LogP contribution is 2.26. The van der Waals surface area contributed by atoms with Gasteiger partial charge < -0.3 is 14.7 Å². The van der Waals surface area contributed by atoms with Gasteiger partial charge in [-0.3, -0.25) is 4.79 Å². The van der Waals surface area contributed by atoms with Crippen LogP contribution in [0.1, 0.15) is 57.8 Å². The summed E-state index contributed by atoms with van der Waals surface area (Å²) in [6.07, 6.45) is 11.1. The fourth-order valence-corrected chi connectivity index (χ4v) is 4.72. The summed E-state index contributed by atoms with van der Waals surface area (Å²) < 4.78 is 0. The van der Waals surface area contributed by atoms with E-state index in [0.29, 0.717) is 5.91 Å². The van der Waals surface area contributed by atoms with E-state index in [1.807, 2.05) is 0 Å². The summed E-state index contributed by atoms with van der Waals surface area (Å²) in [5.74, 6) is 2.61. The lowest BCUT2D eigenvalue weighted by Crippen LogP contribution is -2.50. The molecule has 1 aliphatic carbocycles. The van der Waals surface area contributed by atoms with Crippen molar-refractivity contribution in [3.63, 3.8) is 0 Å². The Bertz CT molecular complexity index is 598. The Morgan fingerprint density at radius 2 is 1.22 bits per heavy atom. The highest BCUT2D eigenvalue weighted by Gasteiger charge is 2.28. The Hall–Kier alpha value is -1.85. The molecule has 148 valence electrons. The normalized spacial score (nSPS) is 22.6. The molecule has 27 heavy (non-hydrogen) atoms. The van der Waals surface area contributed by atoms with Crippen LogP contribution in [-0.2, 0) is 4.79 Å². The first-order valence-electron chi connectivity index (χ1n) is 10.9. The number of hydrogen-bond acceptors (Lipinski definition) is 5. The molecule has 0 atom stereocenters. The first-order valence-corrected chi connectivity index (χ1v) is 10.9. The minimum atomic E-state index is 0.276. The van der Waals surface area contributed by atoms with Crippen LogP contribution < -0.4 is 9.80 Å². The third-order valence-electron chi connectivity index (χ3n) is 6.44. The molecule has 2 aliphatic heterocycles.